The van der Waals surface area contributed by atoms with Crippen molar-refractivity contribution >= 4 is 27.3 Å². The lowest BCUT2D eigenvalue weighted by atomic mass is 9.98. The van der Waals surface area contributed by atoms with Gasteiger partial charge in [-0.3, -0.25) is 4.79 Å². The Balaban J connectivity index is 1.41. The number of benzene rings is 2. The van der Waals surface area contributed by atoms with Crippen molar-refractivity contribution in [1.29, 1.82) is 0 Å². The molecule has 8 heteroatoms. The predicted octanol–water partition coefficient (Wildman–Crippen LogP) is 3.32. The summed E-state index contributed by atoms with van der Waals surface area (Å²) in [7, 11) is -3.79. The van der Waals surface area contributed by atoms with Crippen LogP contribution in [0.5, 0.6) is 5.75 Å². The molecule has 0 unspecified atom stereocenters. The minimum absolute atomic E-state index is 0.0255. The summed E-state index contributed by atoms with van der Waals surface area (Å²) >= 11 is 0.933. The Bertz CT molecular complexity index is 1150. The fraction of sp³-hybridized carbons (Fsp3) is 0.190. The van der Waals surface area contributed by atoms with Gasteiger partial charge in [0.1, 0.15) is 9.96 Å². The van der Waals surface area contributed by atoms with Crippen molar-refractivity contribution in [3.63, 3.8) is 0 Å². The normalized spacial score (nSPS) is 13.4. The Labute approximate surface area is 173 Å². The topological polar surface area (TPSA) is 98.5 Å². The van der Waals surface area contributed by atoms with Crippen LogP contribution in [0.1, 0.15) is 27.9 Å². The quantitative estimate of drug-likeness (QED) is 0.651. The Hall–Kier alpha value is -2.68. The molecule has 2 aromatic carbocycles. The number of fused-ring (bicyclic) bond motifs is 1. The molecule has 6 nitrogen and oxygen atoms in total. The Kier molecular flexibility index (Phi) is 5.40. The van der Waals surface area contributed by atoms with E-state index < -0.39 is 10.0 Å². The molecular weight excluding hydrogens is 408 g/mol. The third-order valence-corrected chi connectivity index (χ3v) is 7.15. The number of carbonyl (C=O) groups is 1. The van der Waals surface area contributed by atoms with E-state index in [1.165, 1.54) is 17.0 Å². The van der Waals surface area contributed by atoms with Gasteiger partial charge in [0, 0.05) is 11.9 Å². The zero-order valence-electron chi connectivity index (χ0n) is 15.6. The molecule has 0 atom stereocenters. The number of aryl methyl sites for hydroxylation is 1. The SMILES string of the molecule is NS(=O)(=O)c1cc(C(=O)NCc2ccc(-c3ccc4c(c3)CCCO4)cc2)cs1. The van der Waals surface area contributed by atoms with Gasteiger partial charge in [0.25, 0.3) is 5.91 Å². The number of carbonyl (C=O) groups excluding carboxylic acids is 1. The molecular formula is C21H20N2O4S2. The van der Waals surface area contributed by atoms with Gasteiger partial charge in [-0.1, -0.05) is 30.3 Å². The van der Waals surface area contributed by atoms with E-state index in [1.54, 1.807) is 0 Å². The van der Waals surface area contributed by atoms with E-state index in [1.807, 2.05) is 30.3 Å². The van der Waals surface area contributed by atoms with Crippen LogP contribution in [0.25, 0.3) is 11.1 Å². The molecule has 1 amide bonds. The van der Waals surface area contributed by atoms with Gasteiger partial charge in [-0.05, 0) is 53.3 Å². The minimum atomic E-state index is -3.79. The van der Waals surface area contributed by atoms with Crippen LogP contribution in [0.15, 0.2) is 58.1 Å². The van der Waals surface area contributed by atoms with Crippen LogP contribution in [0, 0.1) is 0 Å². The summed E-state index contributed by atoms with van der Waals surface area (Å²) in [4.78, 5) is 12.2. The molecule has 0 saturated heterocycles. The van der Waals surface area contributed by atoms with Crippen molar-refractivity contribution < 1.29 is 17.9 Å². The first-order valence-corrected chi connectivity index (χ1v) is 11.6. The van der Waals surface area contributed by atoms with E-state index in [9.17, 15) is 13.2 Å². The van der Waals surface area contributed by atoms with Crippen molar-refractivity contribution in [2.24, 2.45) is 5.14 Å². The Morgan fingerprint density at radius 1 is 1.10 bits per heavy atom. The van der Waals surface area contributed by atoms with Gasteiger partial charge in [0.15, 0.2) is 0 Å². The van der Waals surface area contributed by atoms with Gasteiger partial charge in [0.2, 0.25) is 10.0 Å². The molecule has 3 N–H and O–H groups in total. The number of amides is 1. The van der Waals surface area contributed by atoms with Crippen molar-refractivity contribution in [3.05, 3.63) is 70.6 Å². The van der Waals surface area contributed by atoms with Crippen molar-refractivity contribution in [1.82, 2.24) is 5.32 Å². The zero-order valence-corrected chi connectivity index (χ0v) is 17.2. The smallest absolute Gasteiger partial charge is 0.252 e. The molecule has 150 valence electrons. The molecule has 0 radical (unpaired) electrons. The molecule has 3 aromatic rings. The second-order valence-corrected chi connectivity index (χ2v) is 9.55. The highest BCUT2D eigenvalue weighted by Gasteiger charge is 2.15. The van der Waals surface area contributed by atoms with Gasteiger partial charge in [-0.15, -0.1) is 11.3 Å². The second kappa shape index (κ2) is 7.98. The number of primary sulfonamides is 1. The van der Waals surface area contributed by atoms with Crippen molar-refractivity contribution in [3.8, 4) is 16.9 Å². The third-order valence-electron chi connectivity index (χ3n) is 4.77. The number of ether oxygens (including phenoxy) is 1. The van der Waals surface area contributed by atoms with Crippen LogP contribution >= 0.6 is 11.3 Å². The van der Waals surface area contributed by atoms with Gasteiger partial charge < -0.3 is 10.1 Å². The lowest BCUT2D eigenvalue weighted by Crippen LogP contribution is -2.22. The highest BCUT2D eigenvalue weighted by molar-refractivity contribution is 7.91. The summed E-state index contributed by atoms with van der Waals surface area (Å²) in [5, 5.41) is 9.36. The van der Waals surface area contributed by atoms with E-state index >= 15 is 0 Å². The highest BCUT2D eigenvalue weighted by Crippen LogP contribution is 2.30. The number of hydrogen-bond acceptors (Lipinski definition) is 5. The Morgan fingerprint density at radius 3 is 2.59 bits per heavy atom. The lowest BCUT2D eigenvalue weighted by Gasteiger charge is -2.18. The molecule has 0 aliphatic carbocycles. The maximum Gasteiger partial charge on any atom is 0.252 e. The average Bonchev–Trinajstić information content (AvgIpc) is 3.23. The molecule has 4 rings (SSSR count). The maximum absolute atomic E-state index is 12.2. The predicted molar refractivity (Wildman–Crippen MR) is 113 cm³/mol. The van der Waals surface area contributed by atoms with E-state index in [-0.39, 0.29) is 15.7 Å². The van der Waals surface area contributed by atoms with E-state index in [4.69, 9.17) is 9.88 Å². The zero-order chi connectivity index (χ0) is 20.4. The summed E-state index contributed by atoms with van der Waals surface area (Å²) in [6.07, 6.45) is 2.07. The number of nitrogens with two attached hydrogens (primary N) is 1. The molecule has 0 bridgehead atoms. The molecule has 1 aliphatic rings. The monoisotopic (exact) mass is 428 g/mol. The first-order valence-electron chi connectivity index (χ1n) is 9.15. The molecule has 0 saturated carbocycles. The van der Waals surface area contributed by atoms with Gasteiger partial charge in [-0.2, -0.15) is 0 Å². The van der Waals surface area contributed by atoms with E-state index in [0.29, 0.717) is 6.54 Å². The molecule has 1 aliphatic heterocycles. The van der Waals surface area contributed by atoms with E-state index in [2.05, 4.69) is 17.4 Å². The summed E-state index contributed by atoms with van der Waals surface area (Å²) in [5.74, 6) is 0.633. The Morgan fingerprint density at radius 2 is 1.86 bits per heavy atom. The standard InChI is InChI=1S/C21H20N2O4S2/c22-29(25,26)20-11-18(13-28-20)21(24)23-12-14-3-5-15(6-4-14)16-7-8-19-17(10-16)2-1-9-27-19/h3-8,10-11,13H,1-2,9,12H2,(H,23,24)(H2,22,25,26). The fourth-order valence-corrected chi connectivity index (χ4v) is 4.81. The van der Waals surface area contributed by atoms with E-state index in [0.717, 1.165) is 53.2 Å². The van der Waals surface area contributed by atoms with Gasteiger partial charge >= 0.3 is 0 Å². The van der Waals surface area contributed by atoms with Gasteiger partial charge in [0.05, 0.1) is 12.2 Å². The third kappa shape index (κ3) is 4.50. The molecule has 2 heterocycles. The van der Waals surface area contributed by atoms with Crippen LogP contribution in [0.4, 0.5) is 0 Å². The first kappa shape index (κ1) is 19.6. The van der Waals surface area contributed by atoms with Crippen LogP contribution < -0.4 is 15.2 Å². The van der Waals surface area contributed by atoms with Gasteiger partial charge in [-0.25, -0.2) is 13.6 Å². The largest absolute Gasteiger partial charge is 0.493 e. The highest BCUT2D eigenvalue weighted by atomic mass is 32.2. The molecule has 0 fully saturated rings. The number of hydrogen-bond donors (Lipinski definition) is 2. The minimum Gasteiger partial charge on any atom is -0.493 e. The van der Waals surface area contributed by atoms with Crippen molar-refractivity contribution in [2.75, 3.05) is 6.61 Å². The number of thiophene rings is 1. The summed E-state index contributed by atoms with van der Waals surface area (Å²) in [6, 6.07) is 15.5. The van der Waals surface area contributed by atoms with Crippen LogP contribution in [-0.2, 0) is 23.0 Å². The first-order chi connectivity index (χ1) is 13.9. The average molecular weight is 429 g/mol. The molecule has 29 heavy (non-hydrogen) atoms. The number of nitrogens with one attached hydrogen (secondary N) is 1. The summed E-state index contributed by atoms with van der Waals surface area (Å²) < 4.78 is 28.3. The molecule has 1 aromatic heterocycles. The van der Waals surface area contributed by atoms with Crippen LogP contribution in [0.3, 0.4) is 0 Å². The fourth-order valence-electron chi connectivity index (χ4n) is 3.22. The lowest BCUT2D eigenvalue weighted by molar-refractivity contribution is 0.0951. The number of sulfonamides is 1. The second-order valence-electron chi connectivity index (χ2n) is 6.85. The number of rotatable bonds is 5. The van der Waals surface area contributed by atoms with Crippen LogP contribution in [-0.4, -0.2) is 20.9 Å². The molecule has 0 spiro atoms. The van der Waals surface area contributed by atoms with Crippen molar-refractivity contribution in [2.45, 2.75) is 23.6 Å². The van der Waals surface area contributed by atoms with Crippen LogP contribution in [0.2, 0.25) is 0 Å². The summed E-state index contributed by atoms with van der Waals surface area (Å²) in [6.45, 7) is 1.12. The maximum atomic E-state index is 12.2. The summed E-state index contributed by atoms with van der Waals surface area (Å²) in [5.41, 5.74) is 4.71.